The minimum atomic E-state index is -0.400. The van der Waals surface area contributed by atoms with E-state index in [9.17, 15) is 9.59 Å². The van der Waals surface area contributed by atoms with Crippen molar-refractivity contribution in [2.45, 2.75) is 24.5 Å². The van der Waals surface area contributed by atoms with Crippen molar-refractivity contribution in [3.8, 4) is 0 Å². The third-order valence-corrected chi connectivity index (χ3v) is 6.46. The van der Waals surface area contributed by atoms with Crippen LogP contribution >= 0.6 is 35.0 Å². The van der Waals surface area contributed by atoms with E-state index in [1.807, 2.05) is 37.3 Å². The molecular weight excluding hydrogens is 469 g/mol. The highest BCUT2D eigenvalue weighted by Gasteiger charge is 2.19. The summed E-state index contributed by atoms with van der Waals surface area (Å²) in [5.41, 5.74) is 1.57. The maximum atomic E-state index is 12.5. The molecule has 10 heteroatoms. The smallest absolute Gasteiger partial charge is 0.251 e. The zero-order valence-electron chi connectivity index (χ0n) is 17.6. The maximum Gasteiger partial charge on any atom is 0.251 e. The summed E-state index contributed by atoms with van der Waals surface area (Å²) in [5, 5.41) is 15.4. The lowest BCUT2D eigenvalue weighted by Crippen LogP contribution is -2.28. The Bertz CT molecular complexity index is 1090. The second-order valence-electron chi connectivity index (χ2n) is 7.10. The molecule has 0 spiro atoms. The van der Waals surface area contributed by atoms with E-state index in [1.165, 1.54) is 23.4 Å². The summed E-state index contributed by atoms with van der Waals surface area (Å²) in [4.78, 5) is 24.6. The van der Waals surface area contributed by atoms with Gasteiger partial charge in [-0.2, -0.15) is 0 Å². The highest BCUT2D eigenvalue weighted by Crippen LogP contribution is 2.23. The van der Waals surface area contributed by atoms with Gasteiger partial charge in [-0.05, 0) is 37.1 Å². The molecule has 3 rings (SSSR count). The standard InChI is InChI=1S/C22H23Cl2N5O2S/c1-14(26-21(31)16-8-9-17(23)18(24)12-16)20-27-28-22(29(20)2)32-13-19(30)25-11-10-15-6-4-3-5-7-15/h3-9,12,14H,10-11,13H2,1-2H3,(H,25,30)(H,26,31)/t14-/m1/s1. The van der Waals surface area contributed by atoms with E-state index < -0.39 is 6.04 Å². The Morgan fingerprint density at radius 1 is 1.09 bits per heavy atom. The van der Waals surface area contributed by atoms with Gasteiger partial charge in [-0.15, -0.1) is 10.2 Å². The first kappa shape index (κ1) is 24.1. The van der Waals surface area contributed by atoms with Crippen LogP contribution in [0, 0.1) is 0 Å². The third kappa shape index (κ3) is 6.48. The van der Waals surface area contributed by atoms with Gasteiger partial charge < -0.3 is 15.2 Å². The van der Waals surface area contributed by atoms with E-state index in [0.717, 1.165) is 6.42 Å². The van der Waals surface area contributed by atoms with Gasteiger partial charge in [-0.3, -0.25) is 9.59 Å². The molecule has 0 bridgehead atoms. The Morgan fingerprint density at radius 3 is 2.56 bits per heavy atom. The van der Waals surface area contributed by atoms with Crippen molar-refractivity contribution in [1.29, 1.82) is 0 Å². The number of aromatic nitrogens is 3. The fraction of sp³-hybridized carbons (Fsp3) is 0.273. The predicted molar refractivity (Wildman–Crippen MR) is 127 cm³/mol. The molecule has 0 fully saturated rings. The molecule has 2 aromatic carbocycles. The van der Waals surface area contributed by atoms with Gasteiger partial charge in [-0.25, -0.2) is 0 Å². The zero-order chi connectivity index (χ0) is 23.1. The minimum absolute atomic E-state index is 0.0727. The molecule has 0 aliphatic heterocycles. The molecule has 3 aromatic rings. The number of thioether (sulfide) groups is 1. The van der Waals surface area contributed by atoms with Gasteiger partial charge in [0.1, 0.15) is 0 Å². The number of hydrogen-bond acceptors (Lipinski definition) is 5. The quantitative estimate of drug-likeness (QED) is 0.440. The molecule has 32 heavy (non-hydrogen) atoms. The van der Waals surface area contributed by atoms with Crippen molar-refractivity contribution in [3.63, 3.8) is 0 Å². The van der Waals surface area contributed by atoms with Crippen LogP contribution in [0.5, 0.6) is 0 Å². The summed E-state index contributed by atoms with van der Waals surface area (Å²) in [5.74, 6) is 0.429. The fourth-order valence-corrected chi connectivity index (χ4v) is 4.03. The predicted octanol–water partition coefficient (Wildman–Crippen LogP) is 4.06. The number of rotatable bonds is 9. The van der Waals surface area contributed by atoms with Gasteiger partial charge >= 0.3 is 0 Å². The van der Waals surface area contributed by atoms with E-state index in [1.54, 1.807) is 23.7 Å². The lowest BCUT2D eigenvalue weighted by Gasteiger charge is -2.14. The maximum absolute atomic E-state index is 12.5. The summed E-state index contributed by atoms with van der Waals surface area (Å²) in [6.45, 7) is 2.38. The van der Waals surface area contributed by atoms with Gasteiger partial charge in [-0.1, -0.05) is 65.3 Å². The Balaban J connectivity index is 1.49. The van der Waals surface area contributed by atoms with Gasteiger partial charge in [0.2, 0.25) is 5.91 Å². The Labute approximate surface area is 200 Å². The molecule has 2 N–H and O–H groups in total. The third-order valence-electron chi connectivity index (χ3n) is 4.70. The lowest BCUT2D eigenvalue weighted by atomic mass is 10.1. The summed E-state index contributed by atoms with van der Waals surface area (Å²) in [7, 11) is 1.80. The minimum Gasteiger partial charge on any atom is -0.355 e. The number of carbonyl (C=O) groups is 2. The highest BCUT2D eigenvalue weighted by atomic mass is 35.5. The lowest BCUT2D eigenvalue weighted by molar-refractivity contribution is -0.118. The molecule has 0 aliphatic carbocycles. The Morgan fingerprint density at radius 2 is 1.84 bits per heavy atom. The van der Waals surface area contributed by atoms with Crippen LogP contribution in [0.15, 0.2) is 53.7 Å². The van der Waals surface area contributed by atoms with Crippen molar-refractivity contribution in [2.75, 3.05) is 12.3 Å². The zero-order valence-corrected chi connectivity index (χ0v) is 20.0. The molecule has 2 amide bonds. The largest absolute Gasteiger partial charge is 0.355 e. The molecule has 0 unspecified atom stereocenters. The Hall–Kier alpha value is -2.55. The first-order chi connectivity index (χ1) is 15.3. The van der Waals surface area contributed by atoms with Gasteiger partial charge in [0.05, 0.1) is 21.8 Å². The monoisotopic (exact) mass is 491 g/mol. The number of hydrogen-bond donors (Lipinski definition) is 2. The summed E-state index contributed by atoms with van der Waals surface area (Å²) < 4.78 is 1.77. The van der Waals surface area contributed by atoms with Gasteiger partial charge in [0, 0.05) is 19.2 Å². The van der Waals surface area contributed by atoms with Gasteiger partial charge in [0.15, 0.2) is 11.0 Å². The highest BCUT2D eigenvalue weighted by molar-refractivity contribution is 7.99. The molecule has 1 heterocycles. The molecule has 0 radical (unpaired) electrons. The number of nitrogens with one attached hydrogen (secondary N) is 2. The van der Waals surface area contributed by atoms with Crippen LogP contribution < -0.4 is 10.6 Å². The Kier molecular flexibility index (Phi) is 8.55. The van der Waals surface area contributed by atoms with Crippen LogP contribution in [-0.4, -0.2) is 38.9 Å². The van der Waals surface area contributed by atoms with Crippen molar-refractivity contribution >= 4 is 46.8 Å². The molecule has 0 saturated carbocycles. The van der Waals surface area contributed by atoms with Crippen LogP contribution in [0.25, 0.3) is 0 Å². The van der Waals surface area contributed by atoms with Crippen molar-refractivity contribution in [2.24, 2.45) is 7.05 Å². The fourth-order valence-electron chi connectivity index (χ4n) is 2.98. The summed E-state index contributed by atoms with van der Waals surface area (Å²) in [6, 6.07) is 14.3. The van der Waals surface area contributed by atoms with Crippen LogP contribution in [0.4, 0.5) is 0 Å². The molecule has 7 nitrogen and oxygen atoms in total. The SMILES string of the molecule is C[C@@H](NC(=O)c1ccc(Cl)c(Cl)c1)c1nnc(SCC(=O)NCCc2ccccc2)n1C. The number of carbonyl (C=O) groups excluding carboxylic acids is 2. The topological polar surface area (TPSA) is 88.9 Å². The normalized spacial score (nSPS) is 11.8. The van der Waals surface area contributed by atoms with E-state index in [-0.39, 0.29) is 17.6 Å². The first-order valence-corrected chi connectivity index (χ1v) is 11.7. The van der Waals surface area contributed by atoms with Crippen LogP contribution in [0.3, 0.4) is 0 Å². The first-order valence-electron chi connectivity index (χ1n) is 9.93. The van der Waals surface area contributed by atoms with Crippen molar-refractivity contribution < 1.29 is 9.59 Å². The van der Waals surface area contributed by atoms with E-state index in [4.69, 9.17) is 23.2 Å². The molecule has 1 atom stereocenters. The molecular formula is C22H23Cl2N5O2S. The van der Waals surface area contributed by atoms with Gasteiger partial charge in [0.25, 0.3) is 5.91 Å². The molecule has 168 valence electrons. The van der Waals surface area contributed by atoms with Crippen LogP contribution in [0.1, 0.15) is 34.7 Å². The van der Waals surface area contributed by atoms with Crippen LogP contribution in [0.2, 0.25) is 10.0 Å². The van der Waals surface area contributed by atoms with E-state index in [0.29, 0.717) is 33.1 Å². The second kappa shape index (κ2) is 11.4. The number of nitrogens with zero attached hydrogens (tertiary/aromatic N) is 3. The number of benzene rings is 2. The average Bonchev–Trinajstić information content (AvgIpc) is 3.15. The second-order valence-corrected chi connectivity index (χ2v) is 8.85. The molecule has 1 aromatic heterocycles. The average molecular weight is 492 g/mol. The number of halogens is 2. The van der Waals surface area contributed by atoms with E-state index >= 15 is 0 Å². The van der Waals surface area contributed by atoms with Crippen molar-refractivity contribution in [1.82, 2.24) is 25.4 Å². The van der Waals surface area contributed by atoms with E-state index in [2.05, 4.69) is 20.8 Å². The molecule has 0 aliphatic rings. The number of amides is 2. The summed E-state index contributed by atoms with van der Waals surface area (Å²) in [6.07, 6.45) is 0.779. The molecule has 0 saturated heterocycles. The van der Waals surface area contributed by atoms with Crippen molar-refractivity contribution in [3.05, 3.63) is 75.5 Å². The van der Waals surface area contributed by atoms with Crippen LogP contribution in [-0.2, 0) is 18.3 Å². The summed E-state index contributed by atoms with van der Waals surface area (Å²) >= 11 is 13.2.